The summed E-state index contributed by atoms with van der Waals surface area (Å²) in [7, 11) is 0. The second kappa shape index (κ2) is 7.30. The maximum Gasteiger partial charge on any atom is 0.255 e. The van der Waals surface area contributed by atoms with Crippen LogP contribution in [-0.4, -0.2) is 34.0 Å². The molecule has 4 rings (SSSR count). The molecule has 0 unspecified atom stereocenters. The van der Waals surface area contributed by atoms with Gasteiger partial charge in [0.05, 0.1) is 10.6 Å². The number of rotatable bonds is 3. The Labute approximate surface area is 156 Å². The molecule has 0 atom stereocenters. The van der Waals surface area contributed by atoms with E-state index in [4.69, 9.17) is 16.1 Å². The average Bonchev–Trinajstić information content (AvgIpc) is 3.19. The first-order chi connectivity index (χ1) is 12.7. The van der Waals surface area contributed by atoms with Gasteiger partial charge in [0.1, 0.15) is 0 Å². The second-order valence-electron chi connectivity index (χ2n) is 6.37. The minimum absolute atomic E-state index is 0.0236. The van der Waals surface area contributed by atoms with Crippen molar-refractivity contribution in [3.8, 4) is 11.4 Å². The molecule has 2 aromatic carbocycles. The standard InChI is InChI=1S/C20H18ClN3O2/c21-17-9-5-4-8-16(17)20(25)24-12-10-15(11-13-24)19-22-18(23-26-19)14-6-2-1-3-7-14/h1-9,15H,10-13H2. The van der Waals surface area contributed by atoms with Crippen molar-refractivity contribution < 1.29 is 9.32 Å². The van der Waals surface area contributed by atoms with E-state index >= 15 is 0 Å². The molecule has 0 N–H and O–H groups in total. The van der Waals surface area contributed by atoms with Gasteiger partial charge in [-0.2, -0.15) is 4.98 Å². The van der Waals surface area contributed by atoms with Gasteiger partial charge < -0.3 is 9.42 Å². The van der Waals surface area contributed by atoms with Crippen molar-refractivity contribution in [1.82, 2.24) is 15.0 Å². The lowest BCUT2D eigenvalue weighted by molar-refractivity contribution is 0.0704. The molecule has 1 aliphatic rings. The van der Waals surface area contributed by atoms with E-state index in [0.717, 1.165) is 18.4 Å². The number of amides is 1. The molecular weight excluding hydrogens is 350 g/mol. The van der Waals surface area contributed by atoms with Gasteiger partial charge in [-0.15, -0.1) is 0 Å². The molecule has 1 fully saturated rings. The van der Waals surface area contributed by atoms with Gasteiger partial charge in [0, 0.05) is 24.6 Å². The van der Waals surface area contributed by atoms with Crippen molar-refractivity contribution in [2.75, 3.05) is 13.1 Å². The molecule has 2 heterocycles. The van der Waals surface area contributed by atoms with Crippen LogP contribution in [0.3, 0.4) is 0 Å². The molecule has 1 saturated heterocycles. The first-order valence-corrected chi connectivity index (χ1v) is 9.03. The maximum atomic E-state index is 12.6. The fourth-order valence-electron chi connectivity index (χ4n) is 3.24. The van der Waals surface area contributed by atoms with Crippen molar-refractivity contribution in [2.24, 2.45) is 0 Å². The zero-order valence-corrected chi connectivity index (χ0v) is 14.9. The fraction of sp³-hybridized carbons (Fsp3) is 0.250. The molecule has 0 bridgehead atoms. The van der Waals surface area contributed by atoms with Crippen LogP contribution in [0.5, 0.6) is 0 Å². The lowest BCUT2D eigenvalue weighted by Crippen LogP contribution is -2.38. The molecule has 26 heavy (non-hydrogen) atoms. The largest absolute Gasteiger partial charge is 0.339 e. The number of benzene rings is 2. The van der Waals surface area contributed by atoms with E-state index < -0.39 is 0 Å². The fourth-order valence-corrected chi connectivity index (χ4v) is 3.46. The number of piperidine rings is 1. The number of hydrogen-bond donors (Lipinski definition) is 0. The van der Waals surface area contributed by atoms with Crippen molar-refractivity contribution in [3.05, 3.63) is 71.1 Å². The van der Waals surface area contributed by atoms with Crippen LogP contribution in [0.4, 0.5) is 0 Å². The number of halogens is 1. The smallest absolute Gasteiger partial charge is 0.255 e. The summed E-state index contributed by atoms with van der Waals surface area (Å²) in [5.41, 5.74) is 1.49. The molecule has 0 spiro atoms. The van der Waals surface area contributed by atoms with E-state index in [1.807, 2.05) is 47.4 Å². The van der Waals surface area contributed by atoms with Crippen LogP contribution in [0.2, 0.25) is 5.02 Å². The zero-order valence-electron chi connectivity index (χ0n) is 14.1. The average molecular weight is 368 g/mol. The third-order valence-electron chi connectivity index (χ3n) is 4.71. The van der Waals surface area contributed by atoms with Crippen LogP contribution in [0.1, 0.15) is 35.0 Å². The Bertz CT molecular complexity index is 902. The summed E-state index contributed by atoms with van der Waals surface area (Å²) in [6.45, 7) is 1.30. The Morgan fingerprint density at radius 2 is 1.73 bits per heavy atom. The first-order valence-electron chi connectivity index (χ1n) is 8.65. The first kappa shape index (κ1) is 16.8. The highest BCUT2D eigenvalue weighted by atomic mass is 35.5. The summed E-state index contributed by atoms with van der Waals surface area (Å²) >= 11 is 6.14. The molecule has 132 valence electrons. The molecular formula is C20H18ClN3O2. The van der Waals surface area contributed by atoms with Crippen LogP contribution in [0.25, 0.3) is 11.4 Å². The summed E-state index contributed by atoms with van der Waals surface area (Å²) in [4.78, 5) is 19.0. The minimum Gasteiger partial charge on any atom is -0.339 e. The highest BCUT2D eigenvalue weighted by Gasteiger charge is 2.28. The predicted octanol–water partition coefficient (Wildman–Crippen LogP) is 4.41. The van der Waals surface area contributed by atoms with E-state index in [2.05, 4.69) is 10.1 Å². The van der Waals surface area contributed by atoms with Gasteiger partial charge in [-0.25, -0.2) is 0 Å². The van der Waals surface area contributed by atoms with E-state index in [0.29, 0.717) is 35.4 Å². The Hall–Kier alpha value is -2.66. The van der Waals surface area contributed by atoms with E-state index in [1.165, 1.54) is 0 Å². The van der Waals surface area contributed by atoms with Gasteiger partial charge in [0.2, 0.25) is 11.7 Å². The van der Waals surface area contributed by atoms with Gasteiger partial charge in [-0.1, -0.05) is 59.2 Å². The molecule has 1 amide bonds. The lowest BCUT2D eigenvalue weighted by atomic mass is 9.96. The Kier molecular flexibility index (Phi) is 4.71. The SMILES string of the molecule is O=C(c1ccccc1Cl)N1CCC(c2nc(-c3ccccc3)no2)CC1. The number of nitrogens with zero attached hydrogens (tertiary/aromatic N) is 3. The van der Waals surface area contributed by atoms with Crippen molar-refractivity contribution in [1.29, 1.82) is 0 Å². The molecule has 5 nitrogen and oxygen atoms in total. The van der Waals surface area contributed by atoms with E-state index in [1.54, 1.807) is 12.1 Å². The molecule has 1 aliphatic heterocycles. The van der Waals surface area contributed by atoms with E-state index in [9.17, 15) is 4.79 Å². The number of hydrogen-bond acceptors (Lipinski definition) is 4. The summed E-state index contributed by atoms with van der Waals surface area (Å²) < 4.78 is 5.47. The van der Waals surface area contributed by atoms with Crippen LogP contribution >= 0.6 is 11.6 Å². The molecule has 6 heteroatoms. The van der Waals surface area contributed by atoms with Gasteiger partial charge in [-0.05, 0) is 25.0 Å². The Morgan fingerprint density at radius 1 is 1.04 bits per heavy atom. The van der Waals surface area contributed by atoms with E-state index in [-0.39, 0.29) is 11.8 Å². The monoisotopic (exact) mass is 367 g/mol. The van der Waals surface area contributed by atoms with Crippen LogP contribution in [0, 0.1) is 0 Å². The van der Waals surface area contributed by atoms with Crippen LogP contribution in [0.15, 0.2) is 59.1 Å². The Morgan fingerprint density at radius 3 is 2.46 bits per heavy atom. The van der Waals surface area contributed by atoms with Gasteiger partial charge >= 0.3 is 0 Å². The Balaban J connectivity index is 1.42. The highest BCUT2D eigenvalue weighted by molar-refractivity contribution is 6.33. The summed E-state index contributed by atoms with van der Waals surface area (Å²) in [5, 5.41) is 4.58. The number of likely N-dealkylation sites (tertiary alicyclic amines) is 1. The molecule has 0 saturated carbocycles. The zero-order chi connectivity index (χ0) is 17.9. The minimum atomic E-state index is -0.0236. The summed E-state index contributed by atoms with van der Waals surface area (Å²) in [6.07, 6.45) is 1.60. The maximum absolute atomic E-state index is 12.6. The van der Waals surface area contributed by atoms with Crippen molar-refractivity contribution in [3.63, 3.8) is 0 Å². The molecule has 0 aliphatic carbocycles. The third kappa shape index (κ3) is 3.35. The molecule has 0 radical (unpaired) electrons. The summed E-state index contributed by atoms with van der Waals surface area (Å²) in [5.74, 6) is 1.41. The lowest BCUT2D eigenvalue weighted by Gasteiger charge is -2.30. The quantitative estimate of drug-likeness (QED) is 0.688. The topological polar surface area (TPSA) is 59.2 Å². The second-order valence-corrected chi connectivity index (χ2v) is 6.78. The van der Waals surface area contributed by atoms with Crippen molar-refractivity contribution in [2.45, 2.75) is 18.8 Å². The normalized spacial score (nSPS) is 15.2. The number of carbonyl (C=O) groups excluding carboxylic acids is 1. The van der Waals surface area contributed by atoms with Crippen LogP contribution < -0.4 is 0 Å². The molecule has 3 aromatic rings. The number of aromatic nitrogens is 2. The number of carbonyl (C=O) groups is 1. The van der Waals surface area contributed by atoms with Gasteiger partial charge in [-0.3, -0.25) is 4.79 Å². The van der Waals surface area contributed by atoms with Crippen LogP contribution in [-0.2, 0) is 0 Å². The predicted molar refractivity (Wildman–Crippen MR) is 99.1 cm³/mol. The van der Waals surface area contributed by atoms with Crippen molar-refractivity contribution >= 4 is 17.5 Å². The summed E-state index contributed by atoms with van der Waals surface area (Å²) in [6, 6.07) is 16.9. The molecule has 1 aromatic heterocycles. The van der Waals surface area contributed by atoms with Gasteiger partial charge in [0.15, 0.2) is 0 Å². The van der Waals surface area contributed by atoms with Gasteiger partial charge in [0.25, 0.3) is 5.91 Å². The highest BCUT2D eigenvalue weighted by Crippen LogP contribution is 2.29. The third-order valence-corrected chi connectivity index (χ3v) is 5.04.